The molecule has 0 saturated carbocycles. The highest BCUT2D eigenvalue weighted by molar-refractivity contribution is 5.68. The van der Waals surface area contributed by atoms with Crippen molar-refractivity contribution in [2.24, 2.45) is 5.73 Å². The van der Waals surface area contributed by atoms with Crippen molar-refractivity contribution in [2.45, 2.75) is 13.3 Å². The van der Waals surface area contributed by atoms with E-state index in [1.165, 1.54) is 0 Å². The third-order valence-corrected chi connectivity index (χ3v) is 2.13. The second-order valence-electron chi connectivity index (χ2n) is 3.21. The Morgan fingerprint density at radius 3 is 2.80 bits per heavy atom. The number of methoxy groups -OCH3 is 1. The minimum absolute atomic E-state index is 0.831. The first-order chi connectivity index (χ1) is 7.33. The van der Waals surface area contributed by atoms with Gasteiger partial charge < -0.3 is 15.8 Å². The molecule has 0 bridgehead atoms. The number of benzene rings is 1. The largest absolute Gasteiger partial charge is 0.496 e. The Kier molecular flexibility index (Phi) is 4.54. The molecule has 0 aliphatic rings. The third-order valence-electron chi connectivity index (χ3n) is 2.13. The SMILES string of the molecule is CCCN/C(=C\N)c1ccccc1OC. The molecule has 0 amide bonds. The molecule has 1 aromatic carbocycles. The molecule has 82 valence electrons. The number of hydrogen-bond acceptors (Lipinski definition) is 3. The van der Waals surface area contributed by atoms with E-state index < -0.39 is 0 Å². The molecule has 3 heteroatoms. The number of ether oxygens (including phenoxy) is 1. The van der Waals surface area contributed by atoms with Gasteiger partial charge in [0, 0.05) is 18.3 Å². The van der Waals surface area contributed by atoms with E-state index >= 15 is 0 Å². The van der Waals surface area contributed by atoms with Gasteiger partial charge in [-0.3, -0.25) is 0 Å². The molecule has 3 N–H and O–H groups in total. The lowest BCUT2D eigenvalue weighted by atomic mass is 10.1. The van der Waals surface area contributed by atoms with Crippen molar-refractivity contribution < 1.29 is 4.74 Å². The van der Waals surface area contributed by atoms with Gasteiger partial charge in [-0.15, -0.1) is 0 Å². The topological polar surface area (TPSA) is 47.3 Å². The third kappa shape index (κ3) is 2.91. The van der Waals surface area contributed by atoms with Crippen molar-refractivity contribution >= 4 is 5.70 Å². The van der Waals surface area contributed by atoms with Gasteiger partial charge in [-0.05, 0) is 18.6 Å². The smallest absolute Gasteiger partial charge is 0.128 e. The second-order valence-corrected chi connectivity index (χ2v) is 3.21. The van der Waals surface area contributed by atoms with Crippen LogP contribution in [0, 0.1) is 0 Å². The lowest BCUT2D eigenvalue weighted by Gasteiger charge is -2.13. The summed E-state index contributed by atoms with van der Waals surface area (Å²) < 4.78 is 5.27. The Balaban J connectivity index is 2.91. The van der Waals surface area contributed by atoms with Gasteiger partial charge in [0.05, 0.1) is 12.8 Å². The molecular formula is C12H18N2O. The normalized spacial score (nSPS) is 11.2. The summed E-state index contributed by atoms with van der Waals surface area (Å²) in [5.74, 6) is 0.831. The first kappa shape index (κ1) is 11.4. The van der Waals surface area contributed by atoms with Gasteiger partial charge in [0.15, 0.2) is 0 Å². The fraction of sp³-hybridized carbons (Fsp3) is 0.333. The zero-order chi connectivity index (χ0) is 11.1. The fourth-order valence-corrected chi connectivity index (χ4v) is 1.37. The van der Waals surface area contributed by atoms with E-state index in [1.54, 1.807) is 13.3 Å². The minimum Gasteiger partial charge on any atom is -0.496 e. The maximum absolute atomic E-state index is 5.59. The van der Waals surface area contributed by atoms with Crippen molar-refractivity contribution in [3.8, 4) is 5.75 Å². The molecule has 1 aromatic rings. The highest BCUT2D eigenvalue weighted by atomic mass is 16.5. The average Bonchev–Trinajstić information content (AvgIpc) is 2.30. The Labute approximate surface area is 90.9 Å². The number of hydrogen-bond donors (Lipinski definition) is 2. The van der Waals surface area contributed by atoms with Gasteiger partial charge in [-0.25, -0.2) is 0 Å². The highest BCUT2D eigenvalue weighted by Gasteiger charge is 2.05. The lowest BCUT2D eigenvalue weighted by molar-refractivity contribution is 0.413. The van der Waals surface area contributed by atoms with E-state index in [9.17, 15) is 0 Å². The first-order valence-corrected chi connectivity index (χ1v) is 5.12. The van der Waals surface area contributed by atoms with E-state index in [4.69, 9.17) is 10.5 Å². The van der Waals surface area contributed by atoms with Gasteiger partial charge in [0.2, 0.25) is 0 Å². The van der Waals surface area contributed by atoms with Crippen LogP contribution in [0.5, 0.6) is 5.75 Å². The molecule has 0 spiro atoms. The zero-order valence-electron chi connectivity index (χ0n) is 9.29. The number of nitrogens with one attached hydrogen (secondary N) is 1. The number of para-hydroxylation sites is 1. The molecule has 0 unspecified atom stereocenters. The molecule has 1 rings (SSSR count). The standard InChI is InChI=1S/C12H18N2O/c1-3-8-14-11(9-13)10-6-4-5-7-12(10)15-2/h4-7,9,14H,3,8,13H2,1-2H3/b11-9-. The van der Waals surface area contributed by atoms with Crippen LogP contribution in [0.25, 0.3) is 5.70 Å². The molecule has 15 heavy (non-hydrogen) atoms. The van der Waals surface area contributed by atoms with Gasteiger partial charge in [0.25, 0.3) is 0 Å². The molecule has 0 atom stereocenters. The lowest BCUT2D eigenvalue weighted by Crippen LogP contribution is -2.14. The molecule has 0 radical (unpaired) electrons. The zero-order valence-corrected chi connectivity index (χ0v) is 9.29. The van der Waals surface area contributed by atoms with Crippen LogP contribution >= 0.6 is 0 Å². The second kappa shape index (κ2) is 5.96. The van der Waals surface area contributed by atoms with Gasteiger partial charge in [-0.2, -0.15) is 0 Å². The minimum atomic E-state index is 0.831. The predicted molar refractivity (Wildman–Crippen MR) is 63.5 cm³/mol. The summed E-state index contributed by atoms with van der Waals surface area (Å²) >= 11 is 0. The Morgan fingerprint density at radius 1 is 1.47 bits per heavy atom. The van der Waals surface area contributed by atoms with Crippen LogP contribution in [-0.4, -0.2) is 13.7 Å². The highest BCUT2D eigenvalue weighted by Crippen LogP contribution is 2.23. The summed E-state index contributed by atoms with van der Waals surface area (Å²) in [6.45, 7) is 3.02. The van der Waals surface area contributed by atoms with Crippen LogP contribution in [0.15, 0.2) is 30.5 Å². The van der Waals surface area contributed by atoms with Crippen LogP contribution in [0.3, 0.4) is 0 Å². The van der Waals surface area contributed by atoms with E-state index in [1.807, 2.05) is 24.3 Å². The summed E-state index contributed by atoms with van der Waals surface area (Å²) in [6, 6.07) is 7.82. The summed E-state index contributed by atoms with van der Waals surface area (Å²) in [5, 5.41) is 3.27. The predicted octanol–water partition coefficient (Wildman–Crippen LogP) is 1.95. The molecular weight excluding hydrogens is 188 g/mol. The Morgan fingerprint density at radius 2 is 2.20 bits per heavy atom. The van der Waals surface area contributed by atoms with Crippen LogP contribution in [0.2, 0.25) is 0 Å². The monoisotopic (exact) mass is 206 g/mol. The molecule has 0 aliphatic heterocycles. The van der Waals surface area contributed by atoms with Crippen LogP contribution < -0.4 is 15.8 Å². The summed E-state index contributed by atoms with van der Waals surface area (Å²) in [7, 11) is 1.66. The Bertz CT molecular complexity index is 334. The first-order valence-electron chi connectivity index (χ1n) is 5.12. The molecule has 0 heterocycles. The van der Waals surface area contributed by atoms with Gasteiger partial charge in [0.1, 0.15) is 5.75 Å². The average molecular weight is 206 g/mol. The van der Waals surface area contributed by atoms with Crippen molar-refractivity contribution in [3.05, 3.63) is 36.0 Å². The number of nitrogens with two attached hydrogens (primary N) is 1. The summed E-state index contributed by atoms with van der Waals surface area (Å²) in [4.78, 5) is 0. The number of rotatable bonds is 5. The quantitative estimate of drug-likeness (QED) is 0.774. The molecule has 3 nitrogen and oxygen atoms in total. The van der Waals surface area contributed by atoms with E-state index in [0.29, 0.717) is 0 Å². The van der Waals surface area contributed by atoms with Gasteiger partial charge >= 0.3 is 0 Å². The molecule has 0 aromatic heterocycles. The van der Waals surface area contributed by atoms with Crippen molar-refractivity contribution in [1.82, 2.24) is 5.32 Å². The fourth-order valence-electron chi connectivity index (χ4n) is 1.37. The Hall–Kier alpha value is -1.64. The molecule has 0 aliphatic carbocycles. The van der Waals surface area contributed by atoms with E-state index in [0.717, 1.165) is 30.0 Å². The van der Waals surface area contributed by atoms with E-state index in [-0.39, 0.29) is 0 Å². The van der Waals surface area contributed by atoms with Crippen LogP contribution in [0.1, 0.15) is 18.9 Å². The summed E-state index contributed by atoms with van der Waals surface area (Å²) in [6.07, 6.45) is 2.64. The molecule has 0 fully saturated rings. The van der Waals surface area contributed by atoms with Crippen LogP contribution in [-0.2, 0) is 0 Å². The van der Waals surface area contributed by atoms with Crippen molar-refractivity contribution in [3.63, 3.8) is 0 Å². The van der Waals surface area contributed by atoms with Gasteiger partial charge in [-0.1, -0.05) is 19.1 Å². The van der Waals surface area contributed by atoms with Crippen molar-refractivity contribution in [1.29, 1.82) is 0 Å². The van der Waals surface area contributed by atoms with Crippen molar-refractivity contribution in [2.75, 3.05) is 13.7 Å². The van der Waals surface area contributed by atoms with E-state index in [2.05, 4.69) is 12.2 Å². The maximum atomic E-state index is 5.59. The molecule has 0 saturated heterocycles. The van der Waals surface area contributed by atoms with Crippen LogP contribution in [0.4, 0.5) is 0 Å². The maximum Gasteiger partial charge on any atom is 0.128 e. The summed E-state index contributed by atoms with van der Waals surface area (Å²) in [5.41, 5.74) is 7.50.